The largest absolute Gasteiger partial charge is 0.478 e. The average molecular weight is 270 g/mol. The number of ether oxygens (including phenoxy) is 1. The summed E-state index contributed by atoms with van der Waals surface area (Å²) in [6.45, 7) is 8.66. The van der Waals surface area contributed by atoms with Crippen LogP contribution in [0, 0.1) is 0 Å². The molecule has 0 saturated heterocycles. The van der Waals surface area contributed by atoms with Gasteiger partial charge >= 0.3 is 17.9 Å². The molecule has 0 spiro atoms. The summed E-state index contributed by atoms with van der Waals surface area (Å²) in [7, 11) is 0. The summed E-state index contributed by atoms with van der Waals surface area (Å²) in [6.07, 6.45) is 4.53. The Kier molecular flexibility index (Phi) is 12.1. The van der Waals surface area contributed by atoms with Crippen LogP contribution in [0.25, 0.3) is 0 Å². The maximum absolute atomic E-state index is 11.1. The molecule has 0 radical (unpaired) electrons. The number of carbonyl (C=O) groups is 3. The Morgan fingerprint density at radius 1 is 1.16 bits per heavy atom. The first kappa shape index (κ1) is 19.0. The Morgan fingerprint density at radius 2 is 1.68 bits per heavy atom. The van der Waals surface area contributed by atoms with Crippen molar-refractivity contribution >= 4 is 17.9 Å². The van der Waals surface area contributed by atoms with E-state index >= 15 is 0 Å². The maximum atomic E-state index is 11.1. The summed E-state index contributed by atoms with van der Waals surface area (Å²) >= 11 is 0. The molecular weight excluding hydrogens is 252 g/mol. The van der Waals surface area contributed by atoms with Crippen molar-refractivity contribution in [3.05, 3.63) is 37.0 Å². The highest BCUT2D eigenvalue weighted by Crippen LogP contribution is 1.98. The first-order valence-corrected chi connectivity index (χ1v) is 5.47. The van der Waals surface area contributed by atoms with Crippen molar-refractivity contribution in [1.29, 1.82) is 0 Å². The fourth-order valence-corrected chi connectivity index (χ4v) is 0.642. The number of unbranched alkanes of at least 4 members (excludes halogenated alkanes) is 1. The lowest BCUT2D eigenvalue weighted by atomic mass is 10.3. The van der Waals surface area contributed by atoms with Crippen LogP contribution in [0.1, 0.15) is 19.8 Å². The third-order valence-electron chi connectivity index (χ3n) is 1.59. The SMILES string of the molecule is C=C(C=CC(=O)O)C(=O)OCCCC.C=CC(=O)O. The van der Waals surface area contributed by atoms with E-state index in [9.17, 15) is 14.4 Å². The Labute approximate surface area is 111 Å². The molecule has 0 aliphatic heterocycles. The van der Waals surface area contributed by atoms with Crippen molar-refractivity contribution in [3.63, 3.8) is 0 Å². The second-order valence-electron chi connectivity index (χ2n) is 3.23. The minimum Gasteiger partial charge on any atom is -0.478 e. The molecule has 0 fully saturated rings. The minimum absolute atomic E-state index is 0.0449. The monoisotopic (exact) mass is 270 g/mol. The topological polar surface area (TPSA) is 101 Å². The fraction of sp³-hybridized carbons (Fsp3) is 0.308. The van der Waals surface area contributed by atoms with Crippen molar-refractivity contribution in [2.24, 2.45) is 0 Å². The van der Waals surface area contributed by atoms with Crippen LogP contribution in [0.15, 0.2) is 37.0 Å². The number of rotatable bonds is 7. The summed E-state index contributed by atoms with van der Waals surface area (Å²) in [5.74, 6) is -2.67. The molecule has 0 aromatic rings. The molecule has 6 heteroatoms. The Morgan fingerprint density at radius 3 is 2.05 bits per heavy atom. The van der Waals surface area contributed by atoms with Gasteiger partial charge in [0.25, 0.3) is 0 Å². The van der Waals surface area contributed by atoms with Gasteiger partial charge in [0.1, 0.15) is 0 Å². The second kappa shape index (κ2) is 12.1. The van der Waals surface area contributed by atoms with Crippen molar-refractivity contribution in [2.75, 3.05) is 6.61 Å². The molecule has 106 valence electrons. The first-order chi connectivity index (χ1) is 8.84. The van der Waals surface area contributed by atoms with Crippen LogP contribution in [-0.2, 0) is 19.1 Å². The van der Waals surface area contributed by atoms with Gasteiger partial charge in [-0.15, -0.1) is 0 Å². The van der Waals surface area contributed by atoms with Gasteiger partial charge < -0.3 is 14.9 Å². The van der Waals surface area contributed by atoms with E-state index in [1.54, 1.807) is 0 Å². The van der Waals surface area contributed by atoms with Gasteiger partial charge in [-0.2, -0.15) is 0 Å². The number of hydrogen-bond donors (Lipinski definition) is 2. The van der Waals surface area contributed by atoms with Crippen LogP contribution in [0.3, 0.4) is 0 Å². The molecule has 0 atom stereocenters. The lowest BCUT2D eigenvalue weighted by Crippen LogP contribution is -2.07. The third kappa shape index (κ3) is 15.6. The van der Waals surface area contributed by atoms with E-state index in [1.165, 1.54) is 0 Å². The number of carbonyl (C=O) groups excluding carboxylic acids is 1. The third-order valence-corrected chi connectivity index (χ3v) is 1.59. The van der Waals surface area contributed by atoms with E-state index in [2.05, 4.69) is 13.2 Å². The zero-order chi connectivity index (χ0) is 15.3. The van der Waals surface area contributed by atoms with Crippen molar-refractivity contribution < 1.29 is 29.3 Å². The van der Waals surface area contributed by atoms with Gasteiger partial charge in [-0.05, 0) is 12.5 Å². The van der Waals surface area contributed by atoms with Gasteiger partial charge in [0.05, 0.1) is 12.2 Å². The lowest BCUT2D eigenvalue weighted by molar-refractivity contribution is -0.138. The summed E-state index contributed by atoms with van der Waals surface area (Å²) in [6, 6.07) is 0. The predicted octanol–water partition coefficient (Wildman–Crippen LogP) is 1.78. The summed E-state index contributed by atoms with van der Waals surface area (Å²) in [4.78, 5) is 30.4. The molecular formula is C13H18O6. The summed E-state index contributed by atoms with van der Waals surface area (Å²) < 4.78 is 4.79. The average Bonchev–Trinajstić information content (AvgIpc) is 2.36. The van der Waals surface area contributed by atoms with Gasteiger partial charge in [-0.25, -0.2) is 14.4 Å². The van der Waals surface area contributed by atoms with Gasteiger partial charge in [0.2, 0.25) is 0 Å². The molecule has 0 aliphatic rings. The fourth-order valence-electron chi connectivity index (χ4n) is 0.642. The smallest absolute Gasteiger partial charge is 0.337 e. The molecule has 0 saturated carbocycles. The number of esters is 1. The van der Waals surface area contributed by atoms with Crippen LogP contribution < -0.4 is 0 Å². The van der Waals surface area contributed by atoms with Gasteiger partial charge in [-0.1, -0.05) is 26.5 Å². The molecule has 0 aromatic carbocycles. The zero-order valence-corrected chi connectivity index (χ0v) is 10.8. The number of carboxylic acid groups (broad SMARTS) is 2. The van der Waals surface area contributed by atoms with E-state index < -0.39 is 17.9 Å². The van der Waals surface area contributed by atoms with Crippen molar-refractivity contribution in [2.45, 2.75) is 19.8 Å². The van der Waals surface area contributed by atoms with Crippen LogP contribution in [-0.4, -0.2) is 34.7 Å². The highest BCUT2D eigenvalue weighted by Gasteiger charge is 2.04. The van der Waals surface area contributed by atoms with E-state index in [0.717, 1.165) is 31.1 Å². The van der Waals surface area contributed by atoms with E-state index in [1.807, 2.05) is 6.92 Å². The quantitative estimate of drug-likeness (QED) is 0.316. The first-order valence-electron chi connectivity index (χ1n) is 5.47. The predicted molar refractivity (Wildman–Crippen MR) is 69.6 cm³/mol. The highest BCUT2D eigenvalue weighted by atomic mass is 16.5. The molecule has 0 heterocycles. The van der Waals surface area contributed by atoms with Crippen LogP contribution >= 0.6 is 0 Å². The Balaban J connectivity index is 0. The molecule has 0 unspecified atom stereocenters. The minimum atomic E-state index is -1.12. The number of carboxylic acids is 2. The second-order valence-corrected chi connectivity index (χ2v) is 3.23. The van der Waals surface area contributed by atoms with E-state index in [4.69, 9.17) is 14.9 Å². The Hall–Kier alpha value is -2.37. The number of hydrogen-bond acceptors (Lipinski definition) is 4. The summed E-state index contributed by atoms with van der Waals surface area (Å²) in [5.41, 5.74) is 0.0449. The molecule has 6 nitrogen and oxygen atoms in total. The normalized spacial score (nSPS) is 9.11. The lowest BCUT2D eigenvalue weighted by Gasteiger charge is -2.02. The summed E-state index contributed by atoms with van der Waals surface area (Å²) in [5, 5.41) is 15.9. The van der Waals surface area contributed by atoms with Gasteiger partial charge in [0.15, 0.2) is 0 Å². The van der Waals surface area contributed by atoms with E-state index in [0.29, 0.717) is 6.61 Å². The molecule has 0 bridgehead atoms. The molecule has 2 N–H and O–H groups in total. The number of aliphatic carboxylic acids is 2. The maximum Gasteiger partial charge on any atom is 0.337 e. The van der Waals surface area contributed by atoms with E-state index in [-0.39, 0.29) is 5.57 Å². The van der Waals surface area contributed by atoms with Crippen LogP contribution in [0.5, 0.6) is 0 Å². The zero-order valence-electron chi connectivity index (χ0n) is 10.8. The standard InChI is InChI=1S/C10H14O4.C3H4O2/c1-3-4-7-14-10(13)8(2)5-6-9(11)12;1-2-3(4)5/h5-6H,2-4,7H2,1H3,(H,11,12);2H,1H2,(H,4,5). The van der Waals surface area contributed by atoms with Gasteiger partial charge in [-0.3, -0.25) is 0 Å². The van der Waals surface area contributed by atoms with Crippen molar-refractivity contribution in [1.82, 2.24) is 0 Å². The molecule has 19 heavy (non-hydrogen) atoms. The van der Waals surface area contributed by atoms with Gasteiger partial charge in [0, 0.05) is 12.2 Å². The Bertz CT molecular complexity index is 367. The van der Waals surface area contributed by atoms with Crippen LogP contribution in [0.2, 0.25) is 0 Å². The highest BCUT2D eigenvalue weighted by molar-refractivity contribution is 5.93. The molecule has 0 rings (SSSR count). The van der Waals surface area contributed by atoms with Crippen molar-refractivity contribution in [3.8, 4) is 0 Å². The molecule has 0 aliphatic carbocycles. The van der Waals surface area contributed by atoms with Crippen LogP contribution in [0.4, 0.5) is 0 Å². The molecule has 0 aromatic heterocycles. The molecule has 0 amide bonds.